The van der Waals surface area contributed by atoms with Crippen LogP contribution in [0, 0.1) is 12.7 Å². The molecule has 8 rings (SSSR count). The van der Waals surface area contributed by atoms with E-state index in [-0.39, 0.29) is 12.5 Å². The van der Waals surface area contributed by atoms with Crippen molar-refractivity contribution in [3.05, 3.63) is 112 Å². The van der Waals surface area contributed by atoms with E-state index in [0.717, 1.165) is 58.6 Å². The zero-order valence-electron chi connectivity index (χ0n) is 27.7. The summed E-state index contributed by atoms with van der Waals surface area (Å²) in [6, 6.07) is 17.7. The molecule has 0 unspecified atom stereocenters. The highest BCUT2D eigenvalue weighted by atomic mass is 35.5. The van der Waals surface area contributed by atoms with Crippen LogP contribution in [0.4, 0.5) is 10.1 Å². The standard InChI is InChI=1S/C37H33ClFN8O3Si/c1-22-27-17-31(40-18-32(27)45-44-22)36(48)41-26-7-8-33-30(16-26)42-34(47(33)21-37(51)11-14-50-37)19-46-12-9-23(10-13-46)29-3-2-4-35(43-29)49-20-24-5-6-25(38)15-28(24)39/h2-9,15-18H,10-14,19-21H2,1H3,(H,41,48)(H,44,45)/t37-/m1/s1. The summed E-state index contributed by atoms with van der Waals surface area (Å²) < 4.78 is 28.2. The molecule has 2 aliphatic rings. The maximum absolute atomic E-state index is 14.2. The number of nitrogens with zero attached hydrogens (tertiary/aromatic N) is 6. The average molecular weight is 720 g/mol. The van der Waals surface area contributed by atoms with Crippen LogP contribution in [0.5, 0.6) is 5.88 Å². The number of aromatic amines is 1. The van der Waals surface area contributed by atoms with Gasteiger partial charge < -0.3 is 19.4 Å². The van der Waals surface area contributed by atoms with E-state index in [1.165, 1.54) is 6.07 Å². The van der Waals surface area contributed by atoms with Crippen LogP contribution in [0.1, 0.15) is 46.1 Å². The number of nitrogens with one attached hydrogen (secondary N) is 2. The second kappa shape index (κ2) is 13.6. The molecule has 6 heterocycles. The van der Waals surface area contributed by atoms with Crippen molar-refractivity contribution in [2.24, 2.45) is 0 Å². The molecule has 1 fully saturated rings. The van der Waals surface area contributed by atoms with Gasteiger partial charge in [-0.05, 0) is 67.8 Å². The number of imidazole rings is 1. The number of hydrogen-bond donors (Lipinski definition) is 2. The Morgan fingerprint density at radius 2 is 2.04 bits per heavy atom. The summed E-state index contributed by atoms with van der Waals surface area (Å²) in [6.07, 6.45) is 5.47. The maximum Gasteiger partial charge on any atom is 0.274 e. The third kappa shape index (κ3) is 7.02. The van der Waals surface area contributed by atoms with Crippen LogP contribution in [0.25, 0.3) is 27.5 Å². The fourth-order valence-corrected chi connectivity index (χ4v) is 6.92. The largest absolute Gasteiger partial charge is 0.473 e. The first-order valence-electron chi connectivity index (χ1n) is 16.7. The Morgan fingerprint density at radius 1 is 1.16 bits per heavy atom. The number of H-pyrrole nitrogens is 1. The number of aryl methyl sites for hydroxylation is 1. The number of halogens is 2. The van der Waals surface area contributed by atoms with Gasteiger partial charge in [0, 0.05) is 59.7 Å². The lowest BCUT2D eigenvalue weighted by molar-refractivity contribution is -0.0947. The van der Waals surface area contributed by atoms with Crippen molar-refractivity contribution in [1.82, 2.24) is 34.6 Å². The van der Waals surface area contributed by atoms with E-state index >= 15 is 0 Å². The molecule has 0 spiro atoms. The van der Waals surface area contributed by atoms with Gasteiger partial charge in [-0.15, -0.1) is 0 Å². The van der Waals surface area contributed by atoms with Gasteiger partial charge in [-0.25, -0.2) is 19.3 Å². The summed E-state index contributed by atoms with van der Waals surface area (Å²) in [5.41, 5.74) is 6.64. The Labute approximate surface area is 301 Å². The Bertz CT molecular complexity index is 2320. The predicted molar refractivity (Wildman–Crippen MR) is 193 cm³/mol. The number of carbonyl (C=O) groups excluding carboxylic acids is 1. The third-order valence-electron chi connectivity index (χ3n) is 9.35. The summed E-state index contributed by atoms with van der Waals surface area (Å²) in [5.74, 6) is 0.621. The predicted octanol–water partition coefficient (Wildman–Crippen LogP) is 6.21. The number of ether oxygens (including phenoxy) is 2. The molecule has 51 heavy (non-hydrogen) atoms. The Morgan fingerprint density at radius 3 is 2.82 bits per heavy atom. The number of benzene rings is 2. The first kappa shape index (κ1) is 33.2. The lowest BCUT2D eigenvalue weighted by Crippen LogP contribution is -2.48. The molecule has 4 aromatic heterocycles. The first-order chi connectivity index (χ1) is 24.7. The zero-order valence-corrected chi connectivity index (χ0v) is 29.5. The monoisotopic (exact) mass is 719 g/mol. The maximum atomic E-state index is 14.2. The SMILES string of the molecule is Cc1[nH]nc2cnc(C(=O)Nc3ccc4c(c3)nc(CN3CC=C(c5cccc(OCc6ccc(Cl)cc6F)n5)CC3)n4C[C@]3([Si])CCO3)cc12. The first-order valence-corrected chi connectivity index (χ1v) is 17.5. The van der Waals surface area contributed by atoms with Gasteiger partial charge in [0.15, 0.2) is 0 Å². The van der Waals surface area contributed by atoms with Crippen LogP contribution in [-0.4, -0.2) is 75.7 Å². The van der Waals surface area contributed by atoms with Crippen molar-refractivity contribution in [2.45, 2.75) is 44.7 Å². The van der Waals surface area contributed by atoms with Crippen LogP contribution in [0.2, 0.25) is 5.02 Å². The molecule has 2 aromatic carbocycles. The molecule has 6 aromatic rings. The molecule has 1 amide bonds. The van der Waals surface area contributed by atoms with Crippen molar-refractivity contribution in [3.63, 3.8) is 0 Å². The highest BCUT2D eigenvalue weighted by molar-refractivity contribution is 6.30. The van der Waals surface area contributed by atoms with Crippen LogP contribution in [0.3, 0.4) is 0 Å². The average Bonchev–Trinajstić information content (AvgIpc) is 3.65. The van der Waals surface area contributed by atoms with Crippen LogP contribution < -0.4 is 10.1 Å². The second-order valence-electron chi connectivity index (χ2n) is 12.9. The van der Waals surface area contributed by atoms with Gasteiger partial charge in [0.05, 0.1) is 44.9 Å². The lowest BCUT2D eigenvalue weighted by Gasteiger charge is -2.39. The molecule has 1 atom stereocenters. The normalized spacial score (nSPS) is 17.8. The third-order valence-corrected chi connectivity index (χ3v) is 10.1. The Hall–Kier alpha value is -4.95. The smallest absolute Gasteiger partial charge is 0.274 e. The molecule has 14 heteroatoms. The number of rotatable bonds is 10. The fourth-order valence-electron chi connectivity index (χ4n) is 6.40. The van der Waals surface area contributed by atoms with Gasteiger partial charge in [-0.3, -0.25) is 14.8 Å². The molecule has 257 valence electrons. The molecular formula is C37H33ClFN8O3Si. The van der Waals surface area contributed by atoms with Crippen molar-refractivity contribution >= 4 is 60.9 Å². The summed E-state index contributed by atoms with van der Waals surface area (Å²) in [4.78, 5) is 29.6. The topological polar surface area (TPSA) is 123 Å². The minimum Gasteiger partial charge on any atom is -0.473 e. The molecule has 0 bridgehead atoms. The van der Waals surface area contributed by atoms with Gasteiger partial charge in [-0.2, -0.15) is 5.10 Å². The van der Waals surface area contributed by atoms with E-state index in [4.69, 9.17) is 31.0 Å². The molecule has 2 N–H and O–H groups in total. The van der Waals surface area contributed by atoms with Crippen molar-refractivity contribution in [3.8, 4) is 5.88 Å². The molecular weight excluding hydrogens is 687 g/mol. The van der Waals surface area contributed by atoms with Gasteiger partial charge in [-0.1, -0.05) is 29.8 Å². The number of hydrogen-bond acceptors (Lipinski definition) is 8. The number of anilines is 1. The highest BCUT2D eigenvalue weighted by Gasteiger charge is 2.35. The summed E-state index contributed by atoms with van der Waals surface area (Å²) in [6.45, 7) is 5.42. The number of fused-ring (bicyclic) bond motifs is 2. The number of amides is 1. The minimum absolute atomic E-state index is 0.0565. The van der Waals surface area contributed by atoms with E-state index < -0.39 is 11.0 Å². The van der Waals surface area contributed by atoms with Crippen LogP contribution in [-0.2, 0) is 24.4 Å². The second-order valence-corrected chi connectivity index (χ2v) is 14.2. The summed E-state index contributed by atoms with van der Waals surface area (Å²) in [5, 5.41) is 10.9. The molecule has 3 radical (unpaired) electrons. The molecule has 0 saturated carbocycles. The van der Waals surface area contributed by atoms with E-state index in [1.807, 2.05) is 37.3 Å². The van der Waals surface area contributed by atoms with Crippen molar-refractivity contribution in [1.29, 1.82) is 0 Å². The lowest BCUT2D eigenvalue weighted by atomic mass is 10.0. The highest BCUT2D eigenvalue weighted by Crippen LogP contribution is 2.30. The van der Waals surface area contributed by atoms with E-state index in [0.29, 0.717) is 59.6 Å². The zero-order chi connectivity index (χ0) is 35.1. The van der Waals surface area contributed by atoms with E-state index in [2.05, 4.69) is 46.3 Å². The minimum atomic E-state index is -0.447. The summed E-state index contributed by atoms with van der Waals surface area (Å²) >= 11 is 5.88. The summed E-state index contributed by atoms with van der Waals surface area (Å²) in [7, 11) is 3.85. The van der Waals surface area contributed by atoms with Gasteiger partial charge in [0.25, 0.3) is 5.91 Å². The molecule has 1 saturated heterocycles. The van der Waals surface area contributed by atoms with Gasteiger partial charge in [0.2, 0.25) is 5.88 Å². The molecule has 0 aliphatic carbocycles. The van der Waals surface area contributed by atoms with Crippen molar-refractivity contribution < 1.29 is 18.7 Å². The van der Waals surface area contributed by atoms with Gasteiger partial charge in [0.1, 0.15) is 29.5 Å². The fraction of sp³-hybridized carbons (Fsp3) is 0.270. The van der Waals surface area contributed by atoms with E-state index in [1.54, 1.807) is 30.5 Å². The Kier molecular flexibility index (Phi) is 8.88. The number of carbonyl (C=O) groups is 1. The Balaban J connectivity index is 0.976. The molecule has 11 nitrogen and oxygen atoms in total. The van der Waals surface area contributed by atoms with Crippen LogP contribution >= 0.6 is 11.6 Å². The van der Waals surface area contributed by atoms with Crippen molar-refractivity contribution in [2.75, 3.05) is 25.0 Å². The van der Waals surface area contributed by atoms with Crippen LogP contribution in [0.15, 0.2) is 72.9 Å². The number of pyridine rings is 2. The molecule has 2 aliphatic heterocycles. The van der Waals surface area contributed by atoms with Gasteiger partial charge >= 0.3 is 0 Å². The quantitative estimate of drug-likeness (QED) is 0.160. The van der Waals surface area contributed by atoms with E-state index in [9.17, 15) is 9.18 Å². The number of aromatic nitrogens is 6.